The minimum Gasteiger partial charge on any atom is -0.465 e. The number of carbonyl (C=O) groups is 2. The summed E-state index contributed by atoms with van der Waals surface area (Å²) in [5, 5.41) is 0. The lowest BCUT2D eigenvalue weighted by Crippen LogP contribution is -2.31. The first-order chi connectivity index (χ1) is 15.2. The molecule has 3 atom stereocenters. The molecule has 156 valence electrons. The summed E-state index contributed by atoms with van der Waals surface area (Å²) < 4.78 is 4.95. The van der Waals surface area contributed by atoms with Gasteiger partial charge in [0.15, 0.2) is 0 Å². The lowest BCUT2D eigenvalue weighted by Gasteiger charge is -2.34. The Hall–Kier alpha value is -3.40. The quantitative estimate of drug-likeness (QED) is 0.597. The number of hydrogen-bond donors (Lipinski definition) is 0. The van der Waals surface area contributed by atoms with Crippen molar-refractivity contribution in [1.82, 2.24) is 4.90 Å². The van der Waals surface area contributed by atoms with Crippen LogP contribution in [0.5, 0.6) is 0 Å². The molecule has 1 heterocycles. The molecule has 31 heavy (non-hydrogen) atoms. The first-order valence-corrected chi connectivity index (χ1v) is 10.7. The third-order valence-electron chi connectivity index (χ3n) is 6.72. The second-order valence-electron chi connectivity index (χ2n) is 8.47. The summed E-state index contributed by atoms with van der Waals surface area (Å²) in [6.45, 7) is 1.36. The van der Waals surface area contributed by atoms with Crippen LogP contribution in [0.4, 0.5) is 0 Å². The van der Waals surface area contributed by atoms with Gasteiger partial charge in [0, 0.05) is 24.9 Å². The molecule has 0 bridgehead atoms. The van der Waals surface area contributed by atoms with Gasteiger partial charge in [-0.15, -0.1) is 0 Å². The molecule has 0 N–H and O–H groups in total. The third kappa shape index (κ3) is 3.52. The zero-order chi connectivity index (χ0) is 21.4. The SMILES string of the molecule is COC(=O)c1ccc2c(c1)[C@@H](c1ccccc1)C1CN(Cc3ccccc3)C(=O)C1C2. The Balaban J connectivity index is 1.55. The summed E-state index contributed by atoms with van der Waals surface area (Å²) in [7, 11) is 1.41. The van der Waals surface area contributed by atoms with E-state index in [1.54, 1.807) is 0 Å². The highest BCUT2D eigenvalue weighted by Crippen LogP contribution is 2.48. The van der Waals surface area contributed by atoms with Gasteiger partial charge in [-0.3, -0.25) is 4.79 Å². The van der Waals surface area contributed by atoms with Crippen molar-refractivity contribution in [3.8, 4) is 0 Å². The number of nitrogens with zero attached hydrogens (tertiary/aromatic N) is 1. The molecule has 1 aliphatic heterocycles. The lowest BCUT2D eigenvalue weighted by molar-refractivity contribution is -0.131. The third-order valence-corrected chi connectivity index (χ3v) is 6.72. The number of likely N-dealkylation sites (tertiary alicyclic amines) is 1. The lowest BCUT2D eigenvalue weighted by atomic mass is 9.67. The molecule has 3 aromatic rings. The van der Waals surface area contributed by atoms with Crippen molar-refractivity contribution in [2.75, 3.05) is 13.7 Å². The molecule has 4 heteroatoms. The molecule has 5 rings (SSSR count). The van der Waals surface area contributed by atoms with E-state index >= 15 is 0 Å². The molecule has 3 aromatic carbocycles. The zero-order valence-electron chi connectivity index (χ0n) is 17.5. The van der Waals surface area contributed by atoms with Crippen molar-refractivity contribution >= 4 is 11.9 Å². The first-order valence-electron chi connectivity index (χ1n) is 10.7. The fourth-order valence-corrected chi connectivity index (χ4v) is 5.28. The number of amides is 1. The molecule has 0 spiro atoms. The van der Waals surface area contributed by atoms with Crippen LogP contribution in [-0.2, 0) is 22.5 Å². The highest BCUT2D eigenvalue weighted by atomic mass is 16.5. The van der Waals surface area contributed by atoms with E-state index in [2.05, 4.69) is 24.3 Å². The monoisotopic (exact) mass is 411 g/mol. The van der Waals surface area contributed by atoms with E-state index in [-0.39, 0.29) is 29.6 Å². The molecule has 1 saturated heterocycles. The Labute approximate surface area is 182 Å². The minimum atomic E-state index is -0.329. The van der Waals surface area contributed by atoms with E-state index in [9.17, 15) is 9.59 Å². The van der Waals surface area contributed by atoms with Crippen molar-refractivity contribution in [2.45, 2.75) is 18.9 Å². The highest BCUT2D eigenvalue weighted by Gasteiger charge is 2.48. The van der Waals surface area contributed by atoms with Crippen molar-refractivity contribution in [1.29, 1.82) is 0 Å². The van der Waals surface area contributed by atoms with Gasteiger partial charge in [-0.2, -0.15) is 0 Å². The van der Waals surface area contributed by atoms with Gasteiger partial charge in [0.1, 0.15) is 0 Å². The number of hydrogen-bond acceptors (Lipinski definition) is 3. The summed E-state index contributed by atoms with van der Waals surface area (Å²) in [4.78, 5) is 27.6. The second-order valence-corrected chi connectivity index (χ2v) is 8.47. The van der Waals surface area contributed by atoms with Gasteiger partial charge in [-0.1, -0.05) is 66.7 Å². The highest BCUT2D eigenvalue weighted by molar-refractivity contribution is 5.90. The first kappa shape index (κ1) is 19.6. The molecule has 1 fully saturated rings. The fourth-order valence-electron chi connectivity index (χ4n) is 5.28. The summed E-state index contributed by atoms with van der Waals surface area (Å²) in [6, 6.07) is 26.3. The maximum atomic E-state index is 13.4. The van der Waals surface area contributed by atoms with Crippen molar-refractivity contribution in [3.05, 3.63) is 107 Å². The Kier molecular flexibility index (Phi) is 5.06. The molecule has 2 unspecified atom stereocenters. The van der Waals surface area contributed by atoms with Gasteiger partial charge in [0.25, 0.3) is 0 Å². The Morgan fingerprint density at radius 2 is 1.71 bits per heavy atom. The molecule has 0 saturated carbocycles. The number of esters is 1. The number of rotatable bonds is 4. The topological polar surface area (TPSA) is 46.6 Å². The van der Waals surface area contributed by atoms with Gasteiger partial charge in [-0.25, -0.2) is 4.79 Å². The van der Waals surface area contributed by atoms with Crippen LogP contribution < -0.4 is 0 Å². The predicted molar refractivity (Wildman–Crippen MR) is 119 cm³/mol. The van der Waals surface area contributed by atoms with Crippen molar-refractivity contribution in [2.24, 2.45) is 11.8 Å². The van der Waals surface area contributed by atoms with Gasteiger partial charge in [0.2, 0.25) is 5.91 Å². The summed E-state index contributed by atoms with van der Waals surface area (Å²) >= 11 is 0. The summed E-state index contributed by atoms with van der Waals surface area (Å²) in [6.07, 6.45) is 0.717. The van der Waals surface area contributed by atoms with Gasteiger partial charge in [0.05, 0.1) is 12.7 Å². The molecule has 1 amide bonds. The molecule has 1 aliphatic carbocycles. The van der Waals surface area contributed by atoms with Crippen LogP contribution in [0, 0.1) is 11.8 Å². The minimum absolute atomic E-state index is 0.0367. The van der Waals surface area contributed by atoms with E-state index in [4.69, 9.17) is 4.74 Å². The van der Waals surface area contributed by atoms with Crippen LogP contribution in [-0.4, -0.2) is 30.4 Å². The Bertz CT molecular complexity index is 1110. The normalized spacial score (nSPS) is 22.0. The van der Waals surface area contributed by atoms with Crippen LogP contribution in [0.2, 0.25) is 0 Å². The van der Waals surface area contributed by atoms with Gasteiger partial charge in [-0.05, 0) is 46.7 Å². The second kappa shape index (κ2) is 8.03. The van der Waals surface area contributed by atoms with E-state index in [1.165, 1.54) is 12.7 Å². The summed E-state index contributed by atoms with van der Waals surface area (Å²) in [5.41, 5.74) is 5.19. The van der Waals surface area contributed by atoms with Crippen LogP contribution in [0.25, 0.3) is 0 Å². The van der Waals surface area contributed by atoms with E-state index in [0.717, 1.165) is 29.7 Å². The molecule has 2 aliphatic rings. The average Bonchev–Trinajstić information content (AvgIpc) is 3.12. The molecular weight excluding hydrogens is 386 g/mol. The largest absolute Gasteiger partial charge is 0.465 e. The number of ether oxygens (including phenoxy) is 1. The van der Waals surface area contributed by atoms with Crippen molar-refractivity contribution < 1.29 is 14.3 Å². The Morgan fingerprint density at radius 1 is 1.00 bits per heavy atom. The van der Waals surface area contributed by atoms with Crippen molar-refractivity contribution in [3.63, 3.8) is 0 Å². The average molecular weight is 412 g/mol. The number of carbonyl (C=O) groups excluding carboxylic acids is 2. The number of fused-ring (bicyclic) bond motifs is 2. The van der Waals surface area contributed by atoms with Crippen LogP contribution in [0.1, 0.15) is 38.5 Å². The molecule has 0 aromatic heterocycles. The van der Waals surface area contributed by atoms with Crippen LogP contribution >= 0.6 is 0 Å². The van der Waals surface area contributed by atoms with Crippen LogP contribution in [0.15, 0.2) is 78.9 Å². The zero-order valence-corrected chi connectivity index (χ0v) is 17.5. The molecule has 0 radical (unpaired) electrons. The van der Waals surface area contributed by atoms with Gasteiger partial charge >= 0.3 is 5.97 Å². The van der Waals surface area contributed by atoms with Gasteiger partial charge < -0.3 is 9.64 Å². The van der Waals surface area contributed by atoms with E-state index in [1.807, 2.05) is 59.5 Å². The van der Waals surface area contributed by atoms with E-state index in [0.29, 0.717) is 12.1 Å². The number of benzene rings is 3. The summed E-state index contributed by atoms with van der Waals surface area (Å²) in [5.74, 6) is 0.121. The molecular formula is C27H25NO3. The Morgan fingerprint density at radius 3 is 2.42 bits per heavy atom. The maximum Gasteiger partial charge on any atom is 0.337 e. The smallest absolute Gasteiger partial charge is 0.337 e. The number of methoxy groups -OCH3 is 1. The fraction of sp³-hybridized carbons (Fsp3) is 0.259. The van der Waals surface area contributed by atoms with Crippen LogP contribution in [0.3, 0.4) is 0 Å². The predicted octanol–water partition coefficient (Wildman–Crippen LogP) is 4.44. The standard InChI is InChI=1S/C27H25NO3/c1-31-27(30)21-13-12-20-14-23-24(25(22(20)15-21)19-10-6-3-7-11-19)17-28(26(23)29)16-18-8-4-2-5-9-18/h2-13,15,23-25H,14,16-17H2,1H3/t23?,24?,25-/m1/s1. The van der Waals surface area contributed by atoms with E-state index < -0.39 is 0 Å². The molecule has 4 nitrogen and oxygen atoms in total. The maximum absolute atomic E-state index is 13.4.